The molecule has 0 aliphatic heterocycles. The number of likely N-dealkylation sites (N-methyl/N-ethyl adjacent to an activating group) is 1. The van der Waals surface area contributed by atoms with Crippen molar-refractivity contribution in [3.63, 3.8) is 0 Å². The van der Waals surface area contributed by atoms with E-state index in [4.69, 9.17) is 0 Å². The van der Waals surface area contributed by atoms with Crippen molar-refractivity contribution >= 4 is 43.2 Å². The SMILES string of the molecule is CC(C)n1c(=O)sc2cc(NC(=O)CN(C)S(=O)(=O)c3ccccc3)ccc21. The number of aromatic nitrogens is 1. The van der Waals surface area contributed by atoms with E-state index >= 15 is 0 Å². The Morgan fingerprint density at radius 2 is 1.86 bits per heavy atom. The maximum atomic E-state index is 12.5. The number of benzene rings is 2. The monoisotopic (exact) mass is 419 g/mol. The molecule has 0 aliphatic carbocycles. The summed E-state index contributed by atoms with van der Waals surface area (Å²) in [5.74, 6) is -0.461. The molecule has 0 spiro atoms. The van der Waals surface area contributed by atoms with Gasteiger partial charge in [0, 0.05) is 18.8 Å². The topological polar surface area (TPSA) is 88.5 Å². The van der Waals surface area contributed by atoms with Crippen molar-refractivity contribution in [3.05, 3.63) is 58.2 Å². The lowest BCUT2D eigenvalue weighted by atomic mass is 10.2. The van der Waals surface area contributed by atoms with Crippen molar-refractivity contribution in [1.82, 2.24) is 8.87 Å². The molecular formula is C19H21N3O4S2. The van der Waals surface area contributed by atoms with Crippen molar-refractivity contribution in [2.24, 2.45) is 0 Å². The molecule has 1 aromatic heterocycles. The van der Waals surface area contributed by atoms with Crippen molar-refractivity contribution in [3.8, 4) is 0 Å². The van der Waals surface area contributed by atoms with Gasteiger partial charge in [-0.3, -0.25) is 14.2 Å². The Morgan fingerprint density at radius 1 is 1.18 bits per heavy atom. The summed E-state index contributed by atoms with van der Waals surface area (Å²) in [4.78, 5) is 24.5. The quantitative estimate of drug-likeness (QED) is 0.665. The summed E-state index contributed by atoms with van der Waals surface area (Å²) in [5, 5.41) is 2.70. The van der Waals surface area contributed by atoms with Crippen molar-refractivity contribution in [2.75, 3.05) is 18.9 Å². The van der Waals surface area contributed by atoms with E-state index in [2.05, 4.69) is 5.32 Å². The van der Waals surface area contributed by atoms with Crippen molar-refractivity contribution in [1.29, 1.82) is 0 Å². The summed E-state index contributed by atoms with van der Waals surface area (Å²) >= 11 is 1.11. The molecule has 0 saturated heterocycles. The summed E-state index contributed by atoms with van der Waals surface area (Å²) in [6, 6.07) is 13.2. The van der Waals surface area contributed by atoms with Gasteiger partial charge in [0.25, 0.3) is 0 Å². The first-order valence-corrected chi connectivity index (χ1v) is 10.9. The summed E-state index contributed by atoms with van der Waals surface area (Å²) < 4.78 is 28.5. The number of anilines is 1. The number of amides is 1. The van der Waals surface area contributed by atoms with Gasteiger partial charge in [-0.2, -0.15) is 4.31 Å². The first kappa shape index (κ1) is 20.2. The van der Waals surface area contributed by atoms with Crippen molar-refractivity contribution in [2.45, 2.75) is 24.8 Å². The minimum Gasteiger partial charge on any atom is -0.325 e. The molecule has 1 N–H and O–H groups in total. The average Bonchev–Trinajstić information content (AvgIpc) is 2.97. The molecule has 7 nitrogen and oxygen atoms in total. The smallest absolute Gasteiger partial charge is 0.308 e. The number of nitrogens with one attached hydrogen (secondary N) is 1. The third kappa shape index (κ3) is 4.01. The highest BCUT2D eigenvalue weighted by Gasteiger charge is 2.22. The molecule has 0 saturated carbocycles. The maximum Gasteiger partial charge on any atom is 0.308 e. The Bertz CT molecular complexity index is 1160. The van der Waals surface area contributed by atoms with Crippen LogP contribution in [0.4, 0.5) is 5.69 Å². The van der Waals surface area contributed by atoms with Gasteiger partial charge in [0.1, 0.15) is 0 Å². The first-order valence-electron chi connectivity index (χ1n) is 8.66. The largest absolute Gasteiger partial charge is 0.325 e. The fourth-order valence-corrected chi connectivity index (χ4v) is 5.06. The van der Waals surface area contributed by atoms with Crippen LogP contribution in [0.25, 0.3) is 10.2 Å². The van der Waals surface area contributed by atoms with Gasteiger partial charge >= 0.3 is 4.87 Å². The molecule has 0 unspecified atom stereocenters. The maximum absolute atomic E-state index is 12.5. The van der Waals surface area contributed by atoms with Crippen molar-refractivity contribution < 1.29 is 13.2 Å². The number of rotatable bonds is 6. The summed E-state index contributed by atoms with van der Waals surface area (Å²) in [7, 11) is -2.38. The normalized spacial score (nSPS) is 12.0. The highest BCUT2D eigenvalue weighted by atomic mass is 32.2. The lowest BCUT2D eigenvalue weighted by molar-refractivity contribution is -0.116. The molecule has 0 radical (unpaired) electrons. The fraction of sp³-hybridized carbons (Fsp3) is 0.263. The molecule has 2 aromatic carbocycles. The minimum absolute atomic E-state index is 0.0403. The molecule has 148 valence electrons. The molecule has 3 aromatic rings. The first-order chi connectivity index (χ1) is 13.2. The molecule has 0 aliphatic rings. The zero-order valence-electron chi connectivity index (χ0n) is 15.7. The van der Waals surface area contributed by atoms with E-state index in [1.54, 1.807) is 41.0 Å². The van der Waals surface area contributed by atoms with Gasteiger partial charge in [-0.15, -0.1) is 0 Å². The summed E-state index contributed by atoms with van der Waals surface area (Å²) in [6.45, 7) is 3.55. The van der Waals surface area contributed by atoms with E-state index in [0.717, 1.165) is 25.9 Å². The fourth-order valence-electron chi connectivity index (χ4n) is 2.86. The number of nitrogens with zero attached hydrogens (tertiary/aromatic N) is 2. The standard InChI is InChI=1S/C19H21N3O4S2/c1-13(2)22-16-10-9-14(11-17(16)27-19(22)24)20-18(23)12-21(3)28(25,26)15-7-5-4-6-8-15/h4-11,13H,12H2,1-3H3,(H,20,23). The summed E-state index contributed by atoms with van der Waals surface area (Å²) in [6.07, 6.45) is 0. The van der Waals surface area contributed by atoms with Gasteiger partial charge in [-0.25, -0.2) is 8.42 Å². The molecule has 1 amide bonds. The minimum atomic E-state index is -3.74. The van der Waals surface area contributed by atoms with Gasteiger partial charge < -0.3 is 5.32 Å². The number of hydrogen-bond acceptors (Lipinski definition) is 5. The zero-order chi connectivity index (χ0) is 20.5. The predicted octanol–water partition coefficient (Wildman–Crippen LogP) is 2.90. The van der Waals surface area contributed by atoms with Crippen LogP contribution in [0.1, 0.15) is 19.9 Å². The number of sulfonamides is 1. The number of carbonyl (C=O) groups excluding carboxylic acids is 1. The lowest BCUT2D eigenvalue weighted by Gasteiger charge is -2.17. The average molecular weight is 420 g/mol. The second-order valence-corrected chi connectivity index (χ2v) is 9.67. The van der Waals surface area contributed by atoms with E-state index < -0.39 is 15.9 Å². The Balaban J connectivity index is 1.75. The third-order valence-corrected chi connectivity index (χ3v) is 6.97. The third-order valence-electron chi connectivity index (χ3n) is 4.23. The molecule has 3 rings (SSSR count). The van der Waals surface area contributed by atoms with E-state index in [1.165, 1.54) is 19.2 Å². The van der Waals surface area contributed by atoms with E-state index in [9.17, 15) is 18.0 Å². The van der Waals surface area contributed by atoms with Gasteiger partial charge in [0.2, 0.25) is 15.9 Å². The Morgan fingerprint density at radius 3 is 2.50 bits per heavy atom. The van der Waals surface area contributed by atoms with Crippen LogP contribution in [0.2, 0.25) is 0 Å². The van der Waals surface area contributed by atoms with Crippen LogP contribution in [0.5, 0.6) is 0 Å². The summed E-state index contributed by atoms with van der Waals surface area (Å²) in [5.41, 5.74) is 1.33. The second kappa shape index (κ2) is 7.86. The molecule has 1 heterocycles. The molecule has 9 heteroatoms. The molecule has 0 bridgehead atoms. The predicted molar refractivity (Wildman–Crippen MR) is 111 cm³/mol. The number of thiazole rings is 1. The second-order valence-electron chi connectivity index (χ2n) is 6.64. The van der Waals surface area contributed by atoms with Crippen LogP contribution >= 0.6 is 11.3 Å². The molecule has 0 atom stereocenters. The number of fused-ring (bicyclic) bond motifs is 1. The van der Waals surface area contributed by atoms with Crippen LogP contribution in [-0.2, 0) is 14.8 Å². The lowest BCUT2D eigenvalue weighted by Crippen LogP contribution is -2.34. The Kier molecular flexibility index (Phi) is 5.69. The van der Waals surface area contributed by atoms with Gasteiger partial charge in [0.05, 0.1) is 21.7 Å². The van der Waals surface area contributed by atoms with Crippen LogP contribution in [0.15, 0.2) is 58.2 Å². The van der Waals surface area contributed by atoms with E-state index in [-0.39, 0.29) is 22.4 Å². The zero-order valence-corrected chi connectivity index (χ0v) is 17.4. The molecular weight excluding hydrogens is 398 g/mol. The van der Waals surface area contributed by atoms with Crippen LogP contribution < -0.4 is 10.2 Å². The van der Waals surface area contributed by atoms with Gasteiger partial charge in [-0.1, -0.05) is 29.5 Å². The van der Waals surface area contributed by atoms with E-state index in [1.807, 2.05) is 13.8 Å². The highest BCUT2D eigenvalue weighted by molar-refractivity contribution is 7.89. The highest BCUT2D eigenvalue weighted by Crippen LogP contribution is 2.24. The van der Waals surface area contributed by atoms with E-state index in [0.29, 0.717) is 5.69 Å². The van der Waals surface area contributed by atoms with Crippen LogP contribution in [0.3, 0.4) is 0 Å². The Hall–Kier alpha value is -2.49. The van der Waals surface area contributed by atoms with Gasteiger partial charge in [-0.05, 0) is 44.2 Å². The number of hydrogen-bond donors (Lipinski definition) is 1. The van der Waals surface area contributed by atoms with Crippen LogP contribution in [0, 0.1) is 0 Å². The van der Waals surface area contributed by atoms with Crippen LogP contribution in [-0.4, -0.2) is 36.8 Å². The van der Waals surface area contributed by atoms with Gasteiger partial charge in [0.15, 0.2) is 0 Å². The molecule has 0 fully saturated rings. The number of carbonyl (C=O) groups is 1. The molecule has 28 heavy (non-hydrogen) atoms. The Labute approximate surface area is 167 Å².